The fourth-order valence-electron chi connectivity index (χ4n) is 1.01. The van der Waals surface area contributed by atoms with Crippen molar-refractivity contribution >= 4 is 28.2 Å². The summed E-state index contributed by atoms with van der Waals surface area (Å²) in [6, 6.07) is 0. The summed E-state index contributed by atoms with van der Waals surface area (Å²) in [5.74, 6) is 4.23. The number of hydrogen-bond acceptors (Lipinski definition) is 4. The lowest BCUT2D eigenvalue weighted by atomic mass is 10.4. The second-order valence-corrected chi connectivity index (χ2v) is 5.07. The molecule has 1 rings (SSSR count). The number of sulfone groups is 1. The van der Waals surface area contributed by atoms with Crippen LogP contribution in [0.15, 0.2) is 0 Å². The minimum Gasteiger partial charge on any atom is -0.293 e. The van der Waals surface area contributed by atoms with E-state index in [2.05, 4.69) is 0 Å². The Bertz CT molecular complexity index is 283. The van der Waals surface area contributed by atoms with Gasteiger partial charge < -0.3 is 0 Å². The van der Waals surface area contributed by atoms with E-state index in [9.17, 15) is 13.2 Å². The van der Waals surface area contributed by atoms with E-state index in [0.717, 1.165) is 6.26 Å². The smallest absolute Gasteiger partial charge is 0.255 e. The first-order valence-electron chi connectivity index (χ1n) is 3.15. The number of nitrogens with one attached hydrogen (secondary N) is 1. The molecule has 12 heavy (non-hydrogen) atoms. The molecule has 0 radical (unpaired) electrons. The minimum absolute atomic E-state index is 0. The van der Waals surface area contributed by atoms with Crippen molar-refractivity contribution < 1.29 is 13.2 Å². The van der Waals surface area contributed by atoms with Gasteiger partial charge in [0.2, 0.25) is 0 Å². The molecule has 72 valence electrons. The van der Waals surface area contributed by atoms with Crippen LogP contribution in [0.3, 0.4) is 0 Å². The molecule has 1 aliphatic carbocycles. The van der Waals surface area contributed by atoms with Gasteiger partial charge in [0.25, 0.3) is 5.91 Å². The number of halogens is 1. The molecular formula is C5H11ClN2O3S. The zero-order valence-electron chi connectivity index (χ0n) is 6.53. The first kappa shape index (κ1) is 11.7. The highest BCUT2D eigenvalue weighted by Gasteiger charge is 2.58. The van der Waals surface area contributed by atoms with Crippen LogP contribution in [0.1, 0.15) is 12.8 Å². The number of carbonyl (C=O) groups excluding carboxylic acids is 1. The number of amides is 1. The molecule has 1 amide bonds. The van der Waals surface area contributed by atoms with Crippen LogP contribution in [-0.4, -0.2) is 25.3 Å². The molecule has 1 saturated carbocycles. The first-order chi connectivity index (χ1) is 4.94. The molecule has 0 aromatic carbocycles. The monoisotopic (exact) mass is 214 g/mol. The molecule has 0 heterocycles. The normalized spacial score (nSPS) is 19.2. The Labute approximate surface area is 77.0 Å². The number of rotatable bonds is 2. The molecule has 0 aliphatic heterocycles. The maximum atomic E-state index is 11.0. The molecule has 5 nitrogen and oxygen atoms in total. The fraction of sp³-hybridized carbons (Fsp3) is 0.800. The summed E-state index contributed by atoms with van der Waals surface area (Å²) in [6.07, 6.45) is 1.82. The third kappa shape index (κ3) is 1.55. The predicted molar refractivity (Wildman–Crippen MR) is 46.4 cm³/mol. The Morgan fingerprint density at radius 1 is 1.50 bits per heavy atom. The summed E-state index contributed by atoms with van der Waals surface area (Å²) < 4.78 is 20.8. The largest absolute Gasteiger partial charge is 0.293 e. The molecule has 0 bridgehead atoms. The van der Waals surface area contributed by atoms with Gasteiger partial charge in [-0.25, -0.2) is 14.3 Å². The highest BCUT2D eigenvalue weighted by Crippen LogP contribution is 2.42. The first-order valence-corrected chi connectivity index (χ1v) is 5.04. The number of hydrogen-bond donors (Lipinski definition) is 2. The molecule has 1 aliphatic rings. The molecule has 1 fully saturated rings. The SMILES string of the molecule is CS(=O)(=O)C1(C(=O)NN)CC1.Cl. The average molecular weight is 215 g/mol. The lowest BCUT2D eigenvalue weighted by Crippen LogP contribution is -2.44. The molecular weight excluding hydrogens is 204 g/mol. The van der Waals surface area contributed by atoms with Crippen LogP contribution < -0.4 is 11.3 Å². The van der Waals surface area contributed by atoms with Crippen LogP contribution in [0.4, 0.5) is 0 Å². The molecule has 3 N–H and O–H groups in total. The lowest BCUT2D eigenvalue weighted by Gasteiger charge is -2.09. The van der Waals surface area contributed by atoms with Crippen molar-refractivity contribution in [2.45, 2.75) is 17.6 Å². The summed E-state index contributed by atoms with van der Waals surface area (Å²) in [4.78, 5) is 10.9. The van der Waals surface area contributed by atoms with E-state index in [4.69, 9.17) is 5.84 Å². The van der Waals surface area contributed by atoms with Crippen molar-refractivity contribution in [3.63, 3.8) is 0 Å². The van der Waals surface area contributed by atoms with Crippen LogP contribution in [0.5, 0.6) is 0 Å². The Hall–Kier alpha value is -0.330. The molecule has 7 heteroatoms. The van der Waals surface area contributed by atoms with Gasteiger partial charge in [0.1, 0.15) is 0 Å². The van der Waals surface area contributed by atoms with E-state index in [1.165, 1.54) is 0 Å². The van der Waals surface area contributed by atoms with Gasteiger partial charge in [0.05, 0.1) is 0 Å². The number of hydrazine groups is 1. The van der Waals surface area contributed by atoms with E-state index in [1.807, 2.05) is 5.43 Å². The summed E-state index contributed by atoms with van der Waals surface area (Å²) in [6.45, 7) is 0. The second kappa shape index (κ2) is 3.20. The standard InChI is InChI=1S/C5H10N2O3S.ClH/c1-11(9,10)5(2-3-5)4(8)7-6;/h2-3,6H2,1H3,(H,7,8);1H. The van der Waals surface area contributed by atoms with Crippen LogP contribution in [-0.2, 0) is 14.6 Å². The summed E-state index contributed by atoms with van der Waals surface area (Å²) in [5, 5.41) is 0. The fourth-order valence-corrected chi connectivity index (χ4v) is 2.25. The van der Waals surface area contributed by atoms with Crippen molar-refractivity contribution in [1.29, 1.82) is 0 Å². The summed E-state index contributed by atoms with van der Waals surface area (Å²) in [5.41, 5.74) is 1.86. The Morgan fingerprint density at radius 3 is 2.00 bits per heavy atom. The second-order valence-electron chi connectivity index (χ2n) is 2.74. The summed E-state index contributed by atoms with van der Waals surface area (Å²) in [7, 11) is -3.29. The van der Waals surface area contributed by atoms with Gasteiger partial charge in [0, 0.05) is 6.26 Å². The van der Waals surface area contributed by atoms with E-state index in [-0.39, 0.29) is 12.4 Å². The van der Waals surface area contributed by atoms with Crippen molar-refractivity contribution in [3.05, 3.63) is 0 Å². The highest BCUT2D eigenvalue weighted by molar-refractivity contribution is 7.93. The summed E-state index contributed by atoms with van der Waals surface area (Å²) >= 11 is 0. The molecule has 0 aromatic rings. The van der Waals surface area contributed by atoms with Gasteiger partial charge in [-0.3, -0.25) is 10.2 Å². The van der Waals surface area contributed by atoms with Crippen LogP contribution in [0.2, 0.25) is 0 Å². The molecule has 0 atom stereocenters. The molecule has 0 spiro atoms. The quantitative estimate of drug-likeness (QED) is 0.350. The van der Waals surface area contributed by atoms with Gasteiger partial charge >= 0.3 is 0 Å². The maximum absolute atomic E-state index is 11.0. The van der Waals surface area contributed by atoms with E-state index in [0.29, 0.717) is 12.8 Å². The third-order valence-corrected chi connectivity index (χ3v) is 3.97. The Kier molecular flexibility index (Phi) is 3.11. The van der Waals surface area contributed by atoms with Gasteiger partial charge in [-0.2, -0.15) is 0 Å². The number of carbonyl (C=O) groups is 1. The maximum Gasteiger partial charge on any atom is 0.255 e. The van der Waals surface area contributed by atoms with Crippen molar-refractivity contribution in [1.82, 2.24) is 5.43 Å². The van der Waals surface area contributed by atoms with E-state index < -0.39 is 20.5 Å². The van der Waals surface area contributed by atoms with Crippen LogP contribution in [0.25, 0.3) is 0 Å². The number of nitrogens with two attached hydrogens (primary N) is 1. The van der Waals surface area contributed by atoms with Crippen molar-refractivity contribution in [2.24, 2.45) is 5.84 Å². The Balaban J connectivity index is 0.00000121. The van der Waals surface area contributed by atoms with E-state index >= 15 is 0 Å². The average Bonchev–Trinajstić information content (AvgIpc) is 2.63. The predicted octanol–water partition coefficient (Wildman–Crippen LogP) is -1.02. The van der Waals surface area contributed by atoms with Crippen molar-refractivity contribution in [3.8, 4) is 0 Å². The topological polar surface area (TPSA) is 89.3 Å². The Morgan fingerprint density at radius 2 is 1.92 bits per heavy atom. The highest BCUT2D eigenvalue weighted by atomic mass is 35.5. The van der Waals surface area contributed by atoms with Gasteiger partial charge in [-0.15, -0.1) is 12.4 Å². The zero-order chi connectivity index (χ0) is 8.70. The van der Waals surface area contributed by atoms with Crippen LogP contribution in [0, 0.1) is 0 Å². The zero-order valence-corrected chi connectivity index (χ0v) is 8.17. The molecule has 0 saturated heterocycles. The minimum atomic E-state index is -3.29. The van der Waals surface area contributed by atoms with Gasteiger partial charge in [0.15, 0.2) is 14.6 Å². The third-order valence-electron chi connectivity index (χ3n) is 1.96. The van der Waals surface area contributed by atoms with Gasteiger partial charge in [-0.1, -0.05) is 0 Å². The molecule has 0 aromatic heterocycles. The van der Waals surface area contributed by atoms with Crippen LogP contribution >= 0.6 is 12.4 Å². The molecule has 0 unspecified atom stereocenters. The lowest BCUT2D eigenvalue weighted by molar-refractivity contribution is -0.121. The van der Waals surface area contributed by atoms with Crippen molar-refractivity contribution in [2.75, 3.05) is 6.26 Å². The van der Waals surface area contributed by atoms with E-state index in [1.54, 1.807) is 0 Å². The van der Waals surface area contributed by atoms with Gasteiger partial charge in [-0.05, 0) is 12.8 Å².